The number of carbonyl (C=O) groups is 1. The van der Waals surface area contributed by atoms with E-state index < -0.39 is 0 Å². The molecule has 0 bridgehead atoms. The van der Waals surface area contributed by atoms with Crippen LogP contribution in [0.2, 0.25) is 0 Å². The molecule has 1 amide bonds. The van der Waals surface area contributed by atoms with Gasteiger partial charge in [-0.1, -0.05) is 13.3 Å². The largest absolute Gasteiger partial charge is 0.355 e. The Bertz CT molecular complexity index is 327. The normalized spacial score (nSPS) is 12.1. The number of hydrogen-bond donors (Lipinski definition) is 2. The Morgan fingerprint density at radius 3 is 2.76 bits per heavy atom. The Balaban J connectivity index is 2.24. The van der Waals surface area contributed by atoms with Gasteiger partial charge in [0.15, 0.2) is 0 Å². The summed E-state index contributed by atoms with van der Waals surface area (Å²) in [5.41, 5.74) is 1.13. The minimum atomic E-state index is -0.167. The van der Waals surface area contributed by atoms with Gasteiger partial charge < -0.3 is 10.6 Å². The standard InChI is InChI=1S/C13H21N3O/c1-3-4-7-15-13(17)11(2)16-10-12-5-8-14-9-6-12/h5-6,8-9,11,16H,3-4,7,10H2,1-2H3,(H,15,17). The minimum Gasteiger partial charge on any atom is -0.355 e. The molecular weight excluding hydrogens is 214 g/mol. The van der Waals surface area contributed by atoms with E-state index in [0.29, 0.717) is 6.54 Å². The van der Waals surface area contributed by atoms with Crippen LogP contribution in [0.5, 0.6) is 0 Å². The monoisotopic (exact) mass is 235 g/mol. The second-order valence-electron chi connectivity index (χ2n) is 4.10. The van der Waals surface area contributed by atoms with Crippen molar-refractivity contribution in [3.8, 4) is 0 Å². The van der Waals surface area contributed by atoms with Gasteiger partial charge in [0.2, 0.25) is 5.91 Å². The highest BCUT2D eigenvalue weighted by atomic mass is 16.2. The van der Waals surface area contributed by atoms with Crippen LogP contribution < -0.4 is 10.6 Å². The van der Waals surface area contributed by atoms with Crippen molar-refractivity contribution in [1.29, 1.82) is 0 Å². The zero-order valence-electron chi connectivity index (χ0n) is 10.6. The van der Waals surface area contributed by atoms with Gasteiger partial charge in [-0.15, -0.1) is 0 Å². The molecule has 0 saturated carbocycles. The predicted molar refractivity (Wildman–Crippen MR) is 68.5 cm³/mol. The molecule has 0 aliphatic carbocycles. The molecule has 0 aromatic carbocycles. The number of unbranched alkanes of at least 4 members (excludes halogenated alkanes) is 1. The van der Waals surface area contributed by atoms with E-state index >= 15 is 0 Å². The Morgan fingerprint density at radius 1 is 1.41 bits per heavy atom. The molecule has 1 aromatic rings. The molecule has 1 atom stereocenters. The highest BCUT2D eigenvalue weighted by Crippen LogP contribution is 1.96. The molecule has 4 nitrogen and oxygen atoms in total. The number of rotatable bonds is 7. The zero-order valence-corrected chi connectivity index (χ0v) is 10.6. The van der Waals surface area contributed by atoms with Crippen LogP contribution in [-0.2, 0) is 11.3 Å². The SMILES string of the molecule is CCCCNC(=O)C(C)NCc1ccncc1. The van der Waals surface area contributed by atoms with Crippen molar-refractivity contribution in [2.24, 2.45) is 0 Å². The van der Waals surface area contributed by atoms with Crippen LogP contribution in [0.15, 0.2) is 24.5 Å². The fourth-order valence-corrected chi connectivity index (χ4v) is 1.41. The summed E-state index contributed by atoms with van der Waals surface area (Å²) in [5.74, 6) is 0.0625. The van der Waals surface area contributed by atoms with Crippen molar-refractivity contribution >= 4 is 5.91 Å². The average Bonchev–Trinajstić information content (AvgIpc) is 2.37. The molecule has 0 aliphatic heterocycles. The van der Waals surface area contributed by atoms with Crippen LogP contribution in [0, 0.1) is 0 Å². The summed E-state index contributed by atoms with van der Waals surface area (Å²) in [5, 5.41) is 6.09. The second-order valence-corrected chi connectivity index (χ2v) is 4.10. The van der Waals surface area contributed by atoms with E-state index in [-0.39, 0.29) is 11.9 Å². The van der Waals surface area contributed by atoms with E-state index in [1.165, 1.54) is 0 Å². The molecule has 17 heavy (non-hydrogen) atoms. The summed E-state index contributed by atoms with van der Waals surface area (Å²) < 4.78 is 0. The van der Waals surface area contributed by atoms with Crippen molar-refractivity contribution in [3.05, 3.63) is 30.1 Å². The van der Waals surface area contributed by atoms with Crippen molar-refractivity contribution in [3.63, 3.8) is 0 Å². The van der Waals surface area contributed by atoms with E-state index in [1.807, 2.05) is 19.1 Å². The summed E-state index contributed by atoms with van der Waals surface area (Å²) in [4.78, 5) is 15.6. The average molecular weight is 235 g/mol. The zero-order chi connectivity index (χ0) is 12.5. The molecular formula is C13H21N3O. The molecule has 4 heteroatoms. The van der Waals surface area contributed by atoms with Crippen molar-refractivity contribution in [1.82, 2.24) is 15.6 Å². The second kappa shape index (κ2) is 7.79. The Kier molecular flexibility index (Phi) is 6.25. The Morgan fingerprint density at radius 2 is 2.12 bits per heavy atom. The fourth-order valence-electron chi connectivity index (χ4n) is 1.41. The van der Waals surface area contributed by atoms with Crippen LogP contribution in [0.4, 0.5) is 0 Å². The number of aromatic nitrogens is 1. The topological polar surface area (TPSA) is 54.0 Å². The summed E-state index contributed by atoms with van der Waals surface area (Å²) >= 11 is 0. The third-order valence-electron chi connectivity index (χ3n) is 2.58. The van der Waals surface area contributed by atoms with Crippen molar-refractivity contribution in [2.75, 3.05) is 6.54 Å². The first kappa shape index (κ1) is 13.6. The van der Waals surface area contributed by atoms with Gasteiger partial charge in [0.05, 0.1) is 6.04 Å². The number of nitrogens with zero attached hydrogens (tertiary/aromatic N) is 1. The molecule has 1 aromatic heterocycles. The van der Waals surface area contributed by atoms with Gasteiger partial charge in [-0.3, -0.25) is 9.78 Å². The van der Waals surface area contributed by atoms with Crippen LogP contribution in [-0.4, -0.2) is 23.5 Å². The third-order valence-corrected chi connectivity index (χ3v) is 2.58. The van der Waals surface area contributed by atoms with E-state index in [9.17, 15) is 4.79 Å². The van der Waals surface area contributed by atoms with E-state index in [2.05, 4.69) is 22.5 Å². The molecule has 0 fully saturated rings. The first-order valence-corrected chi connectivity index (χ1v) is 6.14. The summed E-state index contributed by atoms with van der Waals surface area (Å²) in [6, 6.07) is 3.71. The molecule has 2 N–H and O–H groups in total. The highest BCUT2D eigenvalue weighted by molar-refractivity contribution is 5.81. The minimum absolute atomic E-state index is 0.0625. The van der Waals surface area contributed by atoms with Crippen LogP contribution >= 0.6 is 0 Å². The van der Waals surface area contributed by atoms with E-state index in [1.54, 1.807) is 12.4 Å². The van der Waals surface area contributed by atoms with Crippen LogP contribution in [0.25, 0.3) is 0 Å². The number of carbonyl (C=O) groups excluding carboxylic acids is 1. The number of hydrogen-bond acceptors (Lipinski definition) is 3. The van der Waals surface area contributed by atoms with Gasteiger partial charge in [-0.25, -0.2) is 0 Å². The maximum atomic E-state index is 11.7. The lowest BCUT2D eigenvalue weighted by atomic mass is 10.2. The predicted octanol–water partition coefficient (Wildman–Crippen LogP) is 1.48. The smallest absolute Gasteiger partial charge is 0.236 e. The molecule has 1 heterocycles. The number of nitrogens with one attached hydrogen (secondary N) is 2. The molecule has 0 saturated heterocycles. The fraction of sp³-hybridized carbons (Fsp3) is 0.538. The lowest BCUT2D eigenvalue weighted by Crippen LogP contribution is -2.42. The van der Waals surface area contributed by atoms with Gasteiger partial charge in [-0.05, 0) is 31.0 Å². The van der Waals surface area contributed by atoms with Crippen molar-refractivity contribution in [2.45, 2.75) is 39.3 Å². The van der Waals surface area contributed by atoms with Crippen LogP contribution in [0.3, 0.4) is 0 Å². The molecule has 0 aliphatic rings. The Labute approximate surface area is 103 Å². The van der Waals surface area contributed by atoms with E-state index in [4.69, 9.17) is 0 Å². The van der Waals surface area contributed by atoms with Crippen LogP contribution in [0.1, 0.15) is 32.3 Å². The van der Waals surface area contributed by atoms with Gasteiger partial charge >= 0.3 is 0 Å². The first-order valence-electron chi connectivity index (χ1n) is 6.14. The summed E-state index contributed by atoms with van der Waals surface area (Å²) in [7, 11) is 0. The molecule has 1 unspecified atom stereocenters. The number of pyridine rings is 1. The quantitative estimate of drug-likeness (QED) is 0.704. The lowest BCUT2D eigenvalue weighted by Gasteiger charge is -2.13. The molecule has 1 rings (SSSR count). The summed E-state index contributed by atoms with van der Waals surface area (Å²) in [6.45, 7) is 5.43. The highest BCUT2D eigenvalue weighted by Gasteiger charge is 2.10. The van der Waals surface area contributed by atoms with Gasteiger partial charge in [0, 0.05) is 25.5 Å². The van der Waals surface area contributed by atoms with Gasteiger partial charge in [0.25, 0.3) is 0 Å². The summed E-state index contributed by atoms with van der Waals surface area (Å²) in [6.07, 6.45) is 5.63. The maximum Gasteiger partial charge on any atom is 0.236 e. The first-order chi connectivity index (χ1) is 8.24. The molecule has 0 spiro atoms. The van der Waals surface area contributed by atoms with Crippen molar-refractivity contribution < 1.29 is 4.79 Å². The third kappa shape index (κ3) is 5.45. The molecule has 0 radical (unpaired) electrons. The van der Waals surface area contributed by atoms with Gasteiger partial charge in [-0.2, -0.15) is 0 Å². The lowest BCUT2D eigenvalue weighted by molar-refractivity contribution is -0.122. The van der Waals surface area contributed by atoms with Gasteiger partial charge in [0.1, 0.15) is 0 Å². The van der Waals surface area contributed by atoms with E-state index in [0.717, 1.165) is 24.9 Å². The Hall–Kier alpha value is -1.42. The molecule has 94 valence electrons. The number of amides is 1. The maximum absolute atomic E-state index is 11.7.